The van der Waals surface area contributed by atoms with Gasteiger partial charge < -0.3 is 10.8 Å². The van der Waals surface area contributed by atoms with E-state index in [0.29, 0.717) is 12.6 Å². The van der Waals surface area contributed by atoms with Crippen molar-refractivity contribution in [3.63, 3.8) is 0 Å². The highest BCUT2D eigenvalue weighted by molar-refractivity contribution is 5.31. The summed E-state index contributed by atoms with van der Waals surface area (Å²) in [4.78, 5) is 0. The lowest BCUT2D eigenvalue weighted by molar-refractivity contribution is 0.155. The number of aromatic nitrogens is 2. The molecule has 0 saturated carbocycles. The maximum Gasteiger partial charge on any atom is 0.0826 e. The molecule has 2 rings (SSSR count). The second kappa shape index (κ2) is 3.94. The summed E-state index contributed by atoms with van der Waals surface area (Å²) in [6.07, 6.45) is 2.47. The Balaban J connectivity index is 2.52. The summed E-state index contributed by atoms with van der Waals surface area (Å²) in [6.45, 7) is 4.63. The Kier molecular flexibility index (Phi) is 2.80. The predicted octanol–water partition coefficient (Wildman–Crippen LogP) is 1.29. The Labute approximate surface area is 90.1 Å². The quantitative estimate of drug-likeness (QED) is 0.771. The van der Waals surface area contributed by atoms with E-state index in [1.165, 1.54) is 0 Å². The third kappa shape index (κ3) is 1.68. The van der Waals surface area contributed by atoms with Crippen LogP contribution >= 0.6 is 0 Å². The molecule has 1 aromatic heterocycles. The molecule has 4 nitrogen and oxygen atoms in total. The summed E-state index contributed by atoms with van der Waals surface area (Å²) in [5.74, 6) is 0. The predicted molar refractivity (Wildman–Crippen MR) is 58.4 cm³/mol. The lowest BCUT2D eigenvalue weighted by Gasteiger charge is -2.17. The fourth-order valence-corrected chi connectivity index (χ4v) is 2.34. The number of fused-ring (bicyclic) bond motifs is 1. The second-order valence-electron chi connectivity index (χ2n) is 4.46. The van der Waals surface area contributed by atoms with Crippen LogP contribution in [0.4, 0.5) is 0 Å². The van der Waals surface area contributed by atoms with Gasteiger partial charge in [-0.15, -0.1) is 0 Å². The maximum absolute atomic E-state index is 9.96. The van der Waals surface area contributed by atoms with Gasteiger partial charge >= 0.3 is 0 Å². The number of hydrogen-bond acceptors (Lipinski definition) is 3. The molecular formula is C11H19N3O. The first-order chi connectivity index (χ1) is 7.15. The second-order valence-corrected chi connectivity index (χ2v) is 4.46. The van der Waals surface area contributed by atoms with Crippen LogP contribution in [0.2, 0.25) is 0 Å². The van der Waals surface area contributed by atoms with Crippen molar-refractivity contribution >= 4 is 0 Å². The summed E-state index contributed by atoms with van der Waals surface area (Å²) in [5.41, 5.74) is 8.80. The minimum Gasteiger partial charge on any atom is -0.388 e. The van der Waals surface area contributed by atoms with E-state index in [1.807, 2.05) is 4.68 Å². The molecule has 1 unspecified atom stereocenters. The summed E-state index contributed by atoms with van der Waals surface area (Å²) in [7, 11) is 0. The number of aryl methyl sites for hydroxylation is 1. The highest BCUT2D eigenvalue weighted by Gasteiger charge is 2.26. The van der Waals surface area contributed by atoms with Crippen LogP contribution in [-0.2, 0) is 13.0 Å². The molecule has 1 atom stereocenters. The van der Waals surface area contributed by atoms with Gasteiger partial charge in [0.1, 0.15) is 0 Å². The molecule has 1 aliphatic rings. The van der Waals surface area contributed by atoms with Gasteiger partial charge in [-0.1, -0.05) is 0 Å². The van der Waals surface area contributed by atoms with E-state index < -0.39 is 0 Å². The van der Waals surface area contributed by atoms with Crippen molar-refractivity contribution in [3.8, 4) is 0 Å². The van der Waals surface area contributed by atoms with Gasteiger partial charge in [-0.3, -0.25) is 4.68 Å². The van der Waals surface area contributed by atoms with Crippen molar-refractivity contribution in [3.05, 3.63) is 17.0 Å². The molecule has 4 heteroatoms. The third-order valence-corrected chi connectivity index (χ3v) is 3.03. The van der Waals surface area contributed by atoms with Crippen LogP contribution in [0.1, 0.15) is 55.8 Å². The Morgan fingerprint density at radius 3 is 2.93 bits per heavy atom. The molecule has 15 heavy (non-hydrogen) atoms. The molecule has 1 aromatic rings. The van der Waals surface area contributed by atoms with E-state index in [9.17, 15) is 5.11 Å². The fourth-order valence-electron chi connectivity index (χ4n) is 2.34. The molecule has 84 valence electrons. The highest BCUT2D eigenvalue weighted by Crippen LogP contribution is 2.32. The zero-order valence-electron chi connectivity index (χ0n) is 9.40. The fraction of sp³-hybridized carbons (Fsp3) is 0.727. The first-order valence-electron chi connectivity index (χ1n) is 5.63. The van der Waals surface area contributed by atoms with E-state index in [0.717, 1.165) is 36.2 Å². The van der Waals surface area contributed by atoms with Crippen molar-refractivity contribution in [2.45, 2.75) is 51.8 Å². The molecule has 1 aliphatic carbocycles. The molecular weight excluding hydrogens is 190 g/mol. The average molecular weight is 209 g/mol. The molecule has 0 fully saturated rings. The summed E-state index contributed by atoms with van der Waals surface area (Å²) < 4.78 is 1.96. The van der Waals surface area contributed by atoms with Gasteiger partial charge in [0.15, 0.2) is 0 Å². The molecule has 1 heterocycles. The molecule has 0 saturated heterocycles. The third-order valence-electron chi connectivity index (χ3n) is 3.03. The summed E-state index contributed by atoms with van der Waals surface area (Å²) in [6, 6.07) is 0.307. The lowest BCUT2D eigenvalue weighted by Crippen LogP contribution is -2.14. The minimum atomic E-state index is -0.361. The molecule has 0 bridgehead atoms. The maximum atomic E-state index is 9.96. The largest absolute Gasteiger partial charge is 0.388 e. The van der Waals surface area contributed by atoms with Gasteiger partial charge in [0.05, 0.1) is 17.5 Å². The molecule has 0 radical (unpaired) electrons. The van der Waals surface area contributed by atoms with Crippen molar-refractivity contribution in [2.75, 3.05) is 0 Å². The van der Waals surface area contributed by atoms with Crippen LogP contribution in [0.25, 0.3) is 0 Å². The van der Waals surface area contributed by atoms with Crippen LogP contribution in [0.15, 0.2) is 0 Å². The Bertz CT molecular complexity index is 357. The SMILES string of the molecule is CC(C)n1nc2c(c1CN)C(O)CCC2. The van der Waals surface area contributed by atoms with Crippen LogP contribution in [0.3, 0.4) is 0 Å². The van der Waals surface area contributed by atoms with Crippen molar-refractivity contribution in [1.29, 1.82) is 0 Å². The van der Waals surface area contributed by atoms with E-state index in [-0.39, 0.29) is 6.10 Å². The van der Waals surface area contributed by atoms with Gasteiger partial charge in [-0.05, 0) is 33.1 Å². The summed E-state index contributed by atoms with van der Waals surface area (Å²) >= 11 is 0. The number of nitrogens with zero attached hydrogens (tertiary/aromatic N) is 2. The zero-order chi connectivity index (χ0) is 11.0. The minimum absolute atomic E-state index is 0.307. The van der Waals surface area contributed by atoms with Crippen LogP contribution in [-0.4, -0.2) is 14.9 Å². The van der Waals surface area contributed by atoms with Crippen molar-refractivity contribution in [1.82, 2.24) is 9.78 Å². The topological polar surface area (TPSA) is 64.1 Å². The van der Waals surface area contributed by atoms with E-state index in [1.54, 1.807) is 0 Å². The Hall–Kier alpha value is -0.870. The van der Waals surface area contributed by atoms with Gasteiger partial charge in [0.25, 0.3) is 0 Å². The number of hydrogen-bond donors (Lipinski definition) is 2. The number of nitrogens with two attached hydrogens (primary N) is 1. The molecule has 0 amide bonds. The van der Waals surface area contributed by atoms with E-state index in [2.05, 4.69) is 18.9 Å². The monoisotopic (exact) mass is 209 g/mol. The van der Waals surface area contributed by atoms with Gasteiger partial charge in [-0.2, -0.15) is 5.10 Å². The van der Waals surface area contributed by atoms with E-state index >= 15 is 0 Å². The number of aliphatic hydroxyl groups excluding tert-OH is 1. The lowest BCUT2D eigenvalue weighted by atomic mass is 9.93. The first kappa shape index (κ1) is 10.6. The molecule has 0 spiro atoms. The highest BCUT2D eigenvalue weighted by atomic mass is 16.3. The van der Waals surface area contributed by atoms with Crippen LogP contribution in [0.5, 0.6) is 0 Å². The van der Waals surface area contributed by atoms with Gasteiger partial charge in [0.2, 0.25) is 0 Å². The van der Waals surface area contributed by atoms with Gasteiger partial charge in [0, 0.05) is 18.2 Å². The summed E-state index contributed by atoms with van der Waals surface area (Å²) in [5, 5.41) is 14.5. The Morgan fingerprint density at radius 1 is 1.60 bits per heavy atom. The normalized spacial score (nSPS) is 20.7. The van der Waals surface area contributed by atoms with Crippen molar-refractivity contribution < 1.29 is 5.11 Å². The van der Waals surface area contributed by atoms with Crippen LogP contribution < -0.4 is 5.73 Å². The number of rotatable bonds is 2. The standard InChI is InChI=1S/C11H19N3O/c1-7(2)14-9(6-12)11-8(13-14)4-3-5-10(11)15/h7,10,15H,3-6,12H2,1-2H3. The molecule has 3 N–H and O–H groups in total. The molecule has 0 aliphatic heterocycles. The first-order valence-corrected chi connectivity index (χ1v) is 5.63. The Morgan fingerprint density at radius 2 is 2.33 bits per heavy atom. The van der Waals surface area contributed by atoms with E-state index in [4.69, 9.17) is 5.73 Å². The average Bonchev–Trinajstić information content (AvgIpc) is 2.57. The molecule has 0 aromatic carbocycles. The van der Waals surface area contributed by atoms with Crippen LogP contribution in [0, 0.1) is 0 Å². The van der Waals surface area contributed by atoms with Gasteiger partial charge in [-0.25, -0.2) is 0 Å². The zero-order valence-corrected chi connectivity index (χ0v) is 9.40. The number of aliphatic hydroxyl groups is 1. The smallest absolute Gasteiger partial charge is 0.0826 e. The van der Waals surface area contributed by atoms with Crippen molar-refractivity contribution in [2.24, 2.45) is 5.73 Å².